The molecule has 2 radical (unpaired) electrons. The number of hydrogen-bond acceptors (Lipinski definition) is 2. The van der Waals surface area contributed by atoms with Gasteiger partial charge in [0.25, 0.3) is 0 Å². The zero-order valence-corrected chi connectivity index (χ0v) is 8.77. The lowest BCUT2D eigenvalue weighted by Gasteiger charge is -2.17. The molecular weight excluding hydrogens is 167 g/mol. The SMILES string of the molecule is [B][C@@H]1OCC(C)[C@H]1CSCCC. The molecule has 1 rings (SSSR count). The van der Waals surface area contributed by atoms with Gasteiger partial charge in [-0.25, -0.2) is 0 Å². The summed E-state index contributed by atoms with van der Waals surface area (Å²) in [5.41, 5.74) is 0. The van der Waals surface area contributed by atoms with Gasteiger partial charge in [0.15, 0.2) is 0 Å². The zero-order valence-electron chi connectivity index (χ0n) is 7.95. The van der Waals surface area contributed by atoms with Gasteiger partial charge in [0.2, 0.25) is 0 Å². The van der Waals surface area contributed by atoms with Crippen LogP contribution in [-0.4, -0.2) is 32.0 Å². The maximum atomic E-state index is 5.82. The van der Waals surface area contributed by atoms with E-state index in [0.717, 1.165) is 12.4 Å². The van der Waals surface area contributed by atoms with Crippen LogP contribution in [0.15, 0.2) is 0 Å². The monoisotopic (exact) mass is 184 g/mol. The van der Waals surface area contributed by atoms with Gasteiger partial charge in [0.05, 0.1) is 0 Å². The van der Waals surface area contributed by atoms with Crippen molar-refractivity contribution in [3.8, 4) is 0 Å². The highest BCUT2D eigenvalue weighted by Gasteiger charge is 2.30. The minimum atomic E-state index is -0.00986. The van der Waals surface area contributed by atoms with E-state index in [4.69, 9.17) is 12.6 Å². The highest BCUT2D eigenvalue weighted by molar-refractivity contribution is 7.99. The Hall–Kier alpha value is 0.375. The highest BCUT2D eigenvalue weighted by atomic mass is 32.2. The van der Waals surface area contributed by atoms with Gasteiger partial charge in [0, 0.05) is 12.6 Å². The van der Waals surface area contributed by atoms with E-state index in [2.05, 4.69) is 13.8 Å². The van der Waals surface area contributed by atoms with E-state index >= 15 is 0 Å². The summed E-state index contributed by atoms with van der Waals surface area (Å²) >= 11 is 2.00. The molecule has 68 valence electrons. The first-order chi connectivity index (χ1) is 5.75. The fraction of sp³-hybridized carbons (Fsp3) is 1.00. The Balaban J connectivity index is 2.20. The van der Waals surface area contributed by atoms with Crippen molar-refractivity contribution in [3.63, 3.8) is 0 Å². The van der Waals surface area contributed by atoms with Gasteiger partial charge in [-0.15, -0.1) is 0 Å². The van der Waals surface area contributed by atoms with Crippen molar-refractivity contribution in [3.05, 3.63) is 0 Å². The minimum Gasteiger partial charge on any atom is -0.387 e. The normalized spacial score (nSPS) is 35.7. The summed E-state index contributed by atoms with van der Waals surface area (Å²) < 4.78 is 5.37. The Morgan fingerprint density at radius 1 is 1.58 bits per heavy atom. The van der Waals surface area contributed by atoms with Crippen LogP contribution in [0, 0.1) is 11.8 Å². The Labute approximate surface area is 81.0 Å². The van der Waals surface area contributed by atoms with E-state index < -0.39 is 0 Å². The third-order valence-corrected chi connectivity index (χ3v) is 3.68. The van der Waals surface area contributed by atoms with Crippen LogP contribution in [0.1, 0.15) is 20.3 Å². The summed E-state index contributed by atoms with van der Waals surface area (Å²) in [6, 6.07) is -0.00986. The Bertz CT molecular complexity index is 122. The van der Waals surface area contributed by atoms with E-state index in [-0.39, 0.29) is 6.00 Å². The van der Waals surface area contributed by atoms with Crippen molar-refractivity contribution in [2.45, 2.75) is 26.3 Å². The number of hydrogen-bond donors (Lipinski definition) is 0. The molecule has 0 aromatic carbocycles. The number of rotatable bonds is 4. The maximum Gasteiger partial charge on any atom is 0.109 e. The quantitative estimate of drug-likeness (QED) is 0.487. The minimum absolute atomic E-state index is 0.00986. The van der Waals surface area contributed by atoms with Gasteiger partial charge in [-0.3, -0.25) is 0 Å². The third kappa shape index (κ3) is 2.70. The Morgan fingerprint density at radius 3 is 2.83 bits per heavy atom. The lowest BCUT2D eigenvalue weighted by Crippen LogP contribution is -2.21. The van der Waals surface area contributed by atoms with Crippen molar-refractivity contribution in [1.82, 2.24) is 0 Å². The van der Waals surface area contributed by atoms with Gasteiger partial charge < -0.3 is 4.74 Å². The molecule has 1 nitrogen and oxygen atoms in total. The lowest BCUT2D eigenvalue weighted by molar-refractivity contribution is 0.153. The molecule has 0 aromatic heterocycles. The van der Waals surface area contributed by atoms with Gasteiger partial charge in [-0.05, 0) is 29.8 Å². The average Bonchev–Trinajstić information content (AvgIpc) is 2.35. The molecule has 1 fully saturated rings. The van der Waals surface area contributed by atoms with Crippen molar-refractivity contribution in [2.24, 2.45) is 11.8 Å². The molecule has 0 saturated carbocycles. The molecular formula is C9H17BOS. The van der Waals surface area contributed by atoms with E-state index in [1.807, 2.05) is 11.8 Å². The zero-order chi connectivity index (χ0) is 8.97. The van der Waals surface area contributed by atoms with Crippen LogP contribution in [0.3, 0.4) is 0 Å². The number of thioether (sulfide) groups is 1. The molecule has 3 atom stereocenters. The third-order valence-electron chi connectivity index (χ3n) is 2.36. The predicted molar refractivity (Wildman–Crippen MR) is 55.8 cm³/mol. The molecule has 1 heterocycles. The van der Waals surface area contributed by atoms with Crippen LogP contribution in [0.4, 0.5) is 0 Å². The van der Waals surface area contributed by atoms with E-state index in [0.29, 0.717) is 11.8 Å². The van der Waals surface area contributed by atoms with Gasteiger partial charge in [0.1, 0.15) is 7.85 Å². The standard InChI is InChI=1S/C9H17BOS/c1-3-4-12-6-8-7(2)5-11-9(8)10/h7-9H,3-6H2,1-2H3/t7?,8-,9-/m1/s1. The summed E-state index contributed by atoms with van der Waals surface area (Å²) in [5.74, 6) is 3.62. The summed E-state index contributed by atoms with van der Waals surface area (Å²) in [7, 11) is 5.82. The van der Waals surface area contributed by atoms with E-state index in [1.54, 1.807) is 0 Å². The van der Waals surface area contributed by atoms with Crippen molar-refractivity contribution < 1.29 is 4.74 Å². The maximum absolute atomic E-state index is 5.82. The van der Waals surface area contributed by atoms with Crippen molar-refractivity contribution >= 4 is 19.6 Å². The molecule has 1 aliphatic heterocycles. The summed E-state index contributed by atoms with van der Waals surface area (Å²) in [4.78, 5) is 0. The second kappa shape index (κ2) is 5.18. The highest BCUT2D eigenvalue weighted by Crippen LogP contribution is 2.28. The lowest BCUT2D eigenvalue weighted by atomic mass is 9.83. The molecule has 3 heteroatoms. The largest absolute Gasteiger partial charge is 0.387 e. The molecule has 0 amide bonds. The summed E-state index contributed by atoms with van der Waals surface area (Å²) in [6.07, 6.45) is 1.25. The van der Waals surface area contributed by atoms with Gasteiger partial charge >= 0.3 is 0 Å². The smallest absolute Gasteiger partial charge is 0.109 e. The second-order valence-corrected chi connectivity index (χ2v) is 4.66. The van der Waals surface area contributed by atoms with Crippen LogP contribution in [0.25, 0.3) is 0 Å². The molecule has 1 unspecified atom stereocenters. The van der Waals surface area contributed by atoms with E-state index in [9.17, 15) is 0 Å². The first-order valence-electron chi connectivity index (χ1n) is 4.70. The average molecular weight is 184 g/mol. The predicted octanol–water partition coefficient (Wildman–Crippen LogP) is 1.91. The molecule has 0 N–H and O–H groups in total. The molecule has 0 aliphatic carbocycles. The molecule has 0 spiro atoms. The van der Waals surface area contributed by atoms with Gasteiger partial charge in [-0.2, -0.15) is 11.8 Å². The first kappa shape index (κ1) is 10.5. The topological polar surface area (TPSA) is 9.23 Å². The van der Waals surface area contributed by atoms with Crippen molar-refractivity contribution in [2.75, 3.05) is 18.1 Å². The summed E-state index contributed by atoms with van der Waals surface area (Å²) in [5, 5.41) is 0. The van der Waals surface area contributed by atoms with Crippen molar-refractivity contribution in [1.29, 1.82) is 0 Å². The van der Waals surface area contributed by atoms with Crippen LogP contribution < -0.4 is 0 Å². The molecule has 1 aliphatic rings. The Morgan fingerprint density at radius 2 is 2.33 bits per heavy atom. The summed E-state index contributed by atoms with van der Waals surface area (Å²) in [6.45, 7) is 5.28. The van der Waals surface area contributed by atoms with Crippen LogP contribution in [0.2, 0.25) is 0 Å². The number of ether oxygens (including phenoxy) is 1. The van der Waals surface area contributed by atoms with E-state index in [1.165, 1.54) is 12.2 Å². The van der Waals surface area contributed by atoms with Crippen LogP contribution in [-0.2, 0) is 4.74 Å². The van der Waals surface area contributed by atoms with Crippen LogP contribution >= 0.6 is 11.8 Å². The molecule has 0 bridgehead atoms. The first-order valence-corrected chi connectivity index (χ1v) is 5.86. The Kier molecular flexibility index (Phi) is 4.51. The fourth-order valence-corrected chi connectivity index (χ4v) is 2.70. The van der Waals surface area contributed by atoms with Crippen LogP contribution in [0.5, 0.6) is 0 Å². The molecule has 12 heavy (non-hydrogen) atoms. The molecule has 1 saturated heterocycles. The molecule has 0 aromatic rings. The fourth-order valence-electron chi connectivity index (χ4n) is 1.46. The second-order valence-electron chi connectivity index (χ2n) is 3.51. The van der Waals surface area contributed by atoms with Gasteiger partial charge in [-0.1, -0.05) is 13.8 Å².